The van der Waals surface area contributed by atoms with Crippen molar-refractivity contribution in [2.24, 2.45) is 0 Å². The number of hydrogen-bond donors (Lipinski definition) is 2. The van der Waals surface area contributed by atoms with E-state index in [2.05, 4.69) is 19.9 Å². The first kappa shape index (κ1) is 23.1. The van der Waals surface area contributed by atoms with Crippen molar-refractivity contribution in [2.75, 3.05) is 45.2 Å². The molecular weight excluding hydrogens is 471 g/mol. The summed E-state index contributed by atoms with van der Waals surface area (Å²) >= 11 is 12.9. The standard InChI is InChI=1S/C21H26Cl2N6O2S/c1-14-19(13-27(2)28(14)3)26-32(30,31)21-17(22)10-16(11-18(21)23)15-4-5-25-20(12-15)29-8-6-24-7-9-29/h4-5,10-14,24,26H,6-9H2,1-3H3. The number of hydrazine groups is 1. The van der Waals surface area contributed by atoms with Crippen LogP contribution in [-0.2, 0) is 10.0 Å². The number of halogens is 2. The predicted octanol–water partition coefficient (Wildman–Crippen LogP) is 2.77. The van der Waals surface area contributed by atoms with E-state index >= 15 is 0 Å². The van der Waals surface area contributed by atoms with Gasteiger partial charge in [-0.2, -0.15) is 0 Å². The third-order valence-electron chi connectivity index (χ3n) is 5.87. The smallest absolute Gasteiger partial charge is 0.264 e. The Labute approximate surface area is 198 Å². The molecule has 4 rings (SSSR count). The highest BCUT2D eigenvalue weighted by Gasteiger charge is 2.30. The zero-order chi connectivity index (χ0) is 23.0. The first-order valence-corrected chi connectivity index (χ1v) is 12.5. The van der Waals surface area contributed by atoms with Gasteiger partial charge in [-0.3, -0.25) is 4.72 Å². The van der Waals surface area contributed by atoms with Gasteiger partial charge >= 0.3 is 0 Å². The molecule has 0 aliphatic carbocycles. The van der Waals surface area contributed by atoms with E-state index in [-0.39, 0.29) is 21.0 Å². The minimum absolute atomic E-state index is 0.0634. The highest BCUT2D eigenvalue weighted by molar-refractivity contribution is 7.89. The predicted molar refractivity (Wildman–Crippen MR) is 128 cm³/mol. The number of sulfonamides is 1. The molecule has 1 aromatic heterocycles. The molecule has 0 saturated carbocycles. The molecule has 11 heteroatoms. The molecule has 2 aromatic rings. The zero-order valence-electron chi connectivity index (χ0n) is 18.1. The van der Waals surface area contributed by atoms with Crippen LogP contribution in [0.15, 0.2) is 47.3 Å². The largest absolute Gasteiger partial charge is 0.354 e. The van der Waals surface area contributed by atoms with Crippen LogP contribution in [0.25, 0.3) is 11.1 Å². The molecule has 3 heterocycles. The molecule has 2 N–H and O–H groups in total. The van der Waals surface area contributed by atoms with Crippen LogP contribution in [-0.4, -0.2) is 69.7 Å². The van der Waals surface area contributed by atoms with Crippen molar-refractivity contribution in [1.29, 1.82) is 0 Å². The van der Waals surface area contributed by atoms with Crippen molar-refractivity contribution in [1.82, 2.24) is 25.0 Å². The third kappa shape index (κ3) is 4.53. The van der Waals surface area contributed by atoms with Gasteiger partial charge in [0.05, 0.1) is 21.8 Å². The van der Waals surface area contributed by atoms with E-state index < -0.39 is 10.0 Å². The van der Waals surface area contributed by atoms with Crippen LogP contribution in [0.3, 0.4) is 0 Å². The monoisotopic (exact) mass is 496 g/mol. The van der Waals surface area contributed by atoms with Gasteiger partial charge in [-0.05, 0) is 42.3 Å². The highest BCUT2D eigenvalue weighted by atomic mass is 35.5. The van der Waals surface area contributed by atoms with Crippen molar-refractivity contribution < 1.29 is 8.42 Å². The molecule has 2 aliphatic heterocycles. The van der Waals surface area contributed by atoms with Crippen molar-refractivity contribution in [3.63, 3.8) is 0 Å². The van der Waals surface area contributed by atoms with Crippen LogP contribution in [0.5, 0.6) is 0 Å². The Morgan fingerprint density at radius 3 is 2.34 bits per heavy atom. The molecular formula is C21H26Cl2N6O2S. The first-order valence-electron chi connectivity index (χ1n) is 10.3. The molecule has 1 atom stereocenters. The number of rotatable bonds is 5. The average molecular weight is 497 g/mol. The number of nitrogens with zero attached hydrogens (tertiary/aromatic N) is 4. The Bertz CT molecular complexity index is 1130. The van der Waals surface area contributed by atoms with E-state index in [0.717, 1.165) is 43.1 Å². The minimum atomic E-state index is -3.97. The van der Waals surface area contributed by atoms with Crippen molar-refractivity contribution in [2.45, 2.75) is 17.9 Å². The number of benzene rings is 1. The summed E-state index contributed by atoms with van der Waals surface area (Å²) in [6.45, 7) is 5.47. The summed E-state index contributed by atoms with van der Waals surface area (Å²) in [6.07, 6.45) is 3.47. The number of hydrogen-bond acceptors (Lipinski definition) is 7. The van der Waals surface area contributed by atoms with Crippen LogP contribution >= 0.6 is 23.2 Å². The molecule has 0 bridgehead atoms. The lowest BCUT2D eigenvalue weighted by atomic mass is 10.1. The van der Waals surface area contributed by atoms with Crippen molar-refractivity contribution in [3.8, 4) is 11.1 Å². The van der Waals surface area contributed by atoms with E-state index in [1.54, 1.807) is 24.5 Å². The normalized spacial score (nSPS) is 19.9. The van der Waals surface area contributed by atoms with E-state index in [1.807, 2.05) is 43.2 Å². The fourth-order valence-corrected chi connectivity index (χ4v) is 6.20. The lowest BCUT2D eigenvalue weighted by Crippen LogP contribution is -2.43. The Morgan fingerprint density at radius 1 is 1.09 bits per heavy atom. The van der Waals surface area contributed by atoms with Gasteiger partial charge in [-0.15, -0.1) is 0 Å². The summed E-state index contributed by atoms with van der Waals surface area (Å²) in [7, 11) is -0.253. The Hall–Kier alpha value is -2.04. The summed E-state index contributed by atoms with van der Waals surface area (Å²) in [6, 6.07) is 6.95. The number of pyridine rings is 1. The van der Waals surface area contributed by atoms with Crippen molar-refractivity contribution >= 4 is 39.0 Å². The molecule has 0 spiro atoms. The summed E-state index contributed by atoms with van der Waals surface area (Å²) in [5.74, 6) is 0.866. The number of aromatic nitrogens is 1. The maximum Gasteiger partial charge on any atom is 0.264 e. The molecule has 0 radical (unpaired) electrons. The number of likely N-dealkylation sites (N-methyl/N-ethyl adjacent to an activating group) is 1. The highest BCUT2D eigenvalue weighted by Crippen LogP contribution is 2.36. The summed E-state index contributed by atoms with van der Waals surface area (Å²) in [4.78, 5) is 6.55. The molecule has 172 valence electrons. The molecule has 1 aromatic carbocycles. The fourth-order valence-electron chi connectivity index (χ4n) is 3.84. The van der Waals surface area contributed by atoms with Gasteiger partial charge in [0.1, 0.15) is 10.7 Å². The van der Waals surface area contributed by atoms with Gasteiger partial charge in [0.2, 0.25) is 0 Å². The quantitative estimate of drug-likeness (QED) is 0.658. The number of piperazine rings is 1. The summed E-state index contributed by atoms with van der Waals surface area (Å²) in [5, 5.41) is 7.17. The minimum Gasteiger partial charge on any atom is -0.354 e. The molecule has 1 unspecified atom stereocenters. The van der Waals surface area contributed by atoms with E-state index in [1.165, 1.54) is 0 Å². The van der Waals surface area contributed by atoms with Gasteiger partial charge in [0.15, 0.2) is 0 Å². The van der Waals surface area contributed by atoms with Crippen LogP contribution in [0, 0.1) is 0 Å². The van der Waals surface area contributed by atoms with Crippen LogP contribution in [0.1, 0.15) is 6.92 Å². The molecule has 1 saturated heterocycles. The van der Waals surface area contributed by atoms with Gasteiger partial charge < -0.3 is 15.2 Å². The summed E-state index contributed by atoms with van der Waals surface area (Å²) < 4.78 is 28.9. The lowest BCUT2D eigenvalue weighted by molar-refractivity contribution is 0.0787. The van der Waals surface area contributed by atoms with Crippen LogP contribution in [0.2, 0.25) is 10.0 Å². The van der Waals surface area contributed by atoms with E-state index in [0.29, 0.717) is 5.70 Å². The maximum atomic E-state index is 13.1. The van der Waals surface area contributed by atoms with Crippen molar-refractivity contribution in [3.05, 3.63) is 52.4 Å². The van der Waals surface area contributed by atoms with Crippen LogP contribution < -0.4 is 14.9 Å². The molecule has 1 fully saturated rings. The Kier molecular flexibility index (Phi) is 6.56. The Morgan fingerprint density at radius 2 is 1.75 bits per heavy atom. The molecule has 32 heavy (non-hydrogen) atoms. The average Bonchev–Trinajstić information content (AvgIpc) is 2.99. The number of nitrogens with one attached hydrogen (secondary N) is 2. The Balaban J connectivity index is 1.63. The number of anilines is 1. The van der Waals surface area contributed by atoms with Gasteiger partial charge in [-0.1, -0.05) is 23.2 Å². The second-order valence-corrected chi connectivity index (χ2v) is 10.4. The summed E-state index contributed by atoms with van der Waals surface area (Å²) in [5.41, 5.74) is 2.14. The zero-order valence-corrected chi connectivity index (χ0v) is 20.5. The van der Waals surface area contributed by atoms with Gasteiger partial charge in [0.25, 0.3) is 10.0 Å². The van der Waals surface area contributed by atoms with Gasteiger partial charge in [0, 0.05) is 52.7 Å². The fraction of sp³-hybridized carbons (Fsp3) is 0.381. The lowest BCUT2D eigenvalue weighted by Gasteiger charge is -2.28. The van der Waals surface area contributed by atoms with Crippen LogP contribution in [0.4, 0.5) is 5.82 Å². The van der Waals surface area contributed by atoms with Gasteiger partial charge in [-0.25, -0.2) is 18.4 Å². The molecule has 2 aliphatic rings. The first-order chi connectivity index (χ1) is 15.2. The molecule has 8 nitrogen and oxygen atoms in total. The SMILES string of the molecule is CC1C(NS(=O)(=O)c2c(Cl)cc(-c3ccnc(N4CCNCC4)c3)cc2Cl)=CN(C)N1C. The second-order valence-electron chi connectivity index (χ2n) is 7.92. The topological polar surface area (TPSA) is 80.8 Å². The van der Waals surface area contributed by atoms with E-state index in [9.17, 15) is 8.42 Å². The maximum absolute atomic E-state index is 13.1. The third-order valence-corrected chi connectivity index (χ3v) is 8.18. The second kappa shape index (κ2) is 9.07. The molecule has 0 amide bonds. The van der Waals surface area contributed by atoms with E-state index in [4.69, 9.17) is 23.2 Å².